The van der Waals surface area contributed by atoms with Crippen molar-refractivity contribution in [1.82, 2.24) is 19.7 Å². The fourth-order valence-corrected chi connectivity index (χ4v) is 3.65. The summed E-state index contributed by atoms with van der Waals surface area (Å²) in [6, 6.07) is 7.29. The third-order valence-electron chi connectivity index (χ3n) is 5.21. The van der Waals surface area contributed by atoms with Crippen LogP contribution in [0.4, 0.5) is 19.0 Å². The van der Waals surface area contributed by atoms with Crippen molar-refractivity contribution in [3.63, 3.8) is 0 Å². The molecule has 2 N–H and O–H groups in total. The first-order chi connectivity index (χ1) is 14.8. The van der Waals surface area contributed by atoms with Gasteiger partial charge in [-0.2, -0.15) is 18.4 Å². The second kappa shape index (κ2) is 7.77. The Labute approximate surface area is 176 Å². The summed E-state index contributed by atoms with van der Waals surface area (Å²) < 4.78 is 41.4. The zero-order valence-electron chi connectivity index (χ0n) is 16.5. The number of halogens is 3. The number of hydrogen-bond donors (Lipinski definition) is 1. The van der Waals surface area contributed by atoms with E-state index in [0.29, 0.717) is 35.5 Å². The summed E-state index contributed by atoms with van der Waals surface area (Å²) in [7, 11) is 0. The van der Waals surface area contributed by atoms with Crippen molar-refractivity contribution in [3.8, 4) is 17.9 Å². The number of nitrogens with zero attached hydrogens (tertiary/aromatic N) is 5. The highest BCUT2D eigenvalue weighted by molar-refractivity contribution is 5.54. The van der Waals surface area contributed by atoms with Crippen LogP contribution in [0.1, 0.15) is 58.2 Å². The van der Waals surface area contributed by atoms with Gasteiger partial charge < -0.3 is 5.73 Å². The molecule has 0 saturated carbocycles. The molecule has 4 rings (SSSR count). The van der Waals surface area contributed by atoms with E-state index in [1.54, 1.807) is 11.6 Å². The Kier molecular flexibility index (Phi) is 5.12. The highest BCUT2D eigenvalue weighted by atomic mass is 19.4. The average Bonchev–Trinajstić information content (AvgIpc) is 3.16. The highest BCUT2D eigenvalue weighted by Crippen LogP contribution is 2.37. The molecule has 0 amide bonds. The van der Waals surface area contributed by atoms with Crippen LogP contribution in [-0.4, -0.2) is 19.7 Å². The Morgan fingerprint density at radius 3 is 2.77 bits per heavy atom. The summed E-state index contributed by atoms with van der Waals surface area (Å²) in [6.07, 6.45) is -1.61. The number of hydrogen-bond acceptors (Lipinski definition) is 5. The van der Waals surface area contributed by atoms with Crippen LogP contribution >= 0.6 is 0 Å². The van der Waals surface area contributed by atoms with Gasteiger partial charge in [-0.15, -0.1) is 5.10 Å². The normalized spacial score (nSPS) is 15.5. The molecule has 156 valence electrons. The molecule has 2 aromatic heterocycles. The van der Waals surface area contributed by atoms with E-state index in [2.05, 4.69) is 26.9 Å². The number of benzene rings is 1. The van der Waals surface area contributed by atoms with Gasteiger partial charge in [0.05, 0.1) is 16.7 Å². The lowest BCUT2D eigenvalue weighted by Gasteiger charge is -2.24. The zero-order valence-corrected chi connectivity index (χ0v) is 16.5. The zero-order chi connectivity index (χ0) is 22.2. The molecule has 1 aromatic carbocycles. The first kappa shape index (κ1) is 20.4. The van der Waals surface area contributed by atoms with Crippen molar-refractivity contribution in [2.45, 2.75) is 38.4 Å². The highest BCUT2D eigenvalue weighted by Gasteiger charge is 2.33. The second-order valence-electron chi connectivity index (χ2n) is 7.30. The summed E-state index contributed by atoms with van der Waals surface area (Å²) in [5, 5.41) is 13.4. The van der Waals surface area contributed by atoms with Gasteiger partial charge in [-0.05, 0) is 55.0 Å². The first-order valence-electron chi connectivity index (χ1n) is 9.56. The van der Waals surface area contributed by atoms with Gasteiger partial charge in [-0.3, -0.25) is 0 Å². The number of alkyl halides is 3. The third kappa shape index (κ3) is 4.08. The molecule has 6 nitrogen and oxygen atoms in total. The number of rotatable bonds is 1. The maximum absolute atomic E-state index is 13.2. The summed E-state index contributed by atoms with van der Waals surface area (Å²) >= 11 is 0. The largest absolute Gasteiger partial charge is 0.416 e. The quantitative estimate of drug-likeness (QED) is 0.603. The molecule has 1 aliphatic heterocycles. The van der Waals surface area contributed by atoms with Crippen LogP contribution in [0, 0.1) is 30.1 Å². The van der Waals surface area contributed by atoms with E-state index >= 15 is 0 Å². The summed E-state index contributed by atoms with van der Waals surface area (Å²) in [5.74, 6) is 6.39. The summed E-state index contributed by atoms with van der Waals surface area (Å²) in [5.41, 5.74) is 7.22. The van der Waals surface area contributed by atoms with Gasteiger partial charge in [0.15, 0.2) is 0 Å². The molecule has 9 heteroatoms. The van der Waals surface area contributed by atoms with Gasteiger partial charge in [0.1, 0.15) is 17.7 Å². The Bertz CT molecular complexity index is 1260. The van der Waals surface area contributed by atoms with Crippen molar-refractivity contribution in [2.24, 2.45) is 0 Å². The van der Waals surface area contributed by atoms with Gasteiger partial charge >= 0.3 is 6.18 Å². The molecular formula is C22H17F3N6. The van der Waals surface area contributed by atoms with E-state index in [-0.39, 0.29) is 17.6 Å². The minimum Gasteiger partial charge on any atom is -0.383 e. The van der Waals surface area contributed by atoms with Crippen LogP contribution in [0.15, 0.2) is 30.5 Å². The Hall–Kier alpha value is -3.85. The summed E-state index contributed by atoms with van der Waals surface area (Å²) in [4.78, 5) is 8.43. The summed E-state index contributed by atoms with van der Waals surface area (Å²) in [6.45, 7) is 2.41. The lowest BCUT2D eigenvalue weighted by Crippen LogP contribution is -2.19. The predicted octanol–water partition coefficient (Wildman–Crippen LogP) is 3.78. The van der Waals surface area contributed by atoms with Crippen LogP contribution in [0.2, 0.25) is 0 Å². The molecule has 0 aliphatic carbocycles. The van der Waals surface area contributed by atoms with Gasteiger partial charge in [0.2, 0.25) is 5.82 Å². The number of nitrogens with two attached hydrogens (primary N) is 1. The Morgan fingerprint density at radius 1 is 1.23 bits per heavy atom. The van der Waals surface area contributed by atoms with E-state index in [0.717, 1.165) is 18.1 Å². The molecule has 3 aromatic rings. The van der Waals surface area contributed by atoms with Gasteiger partial charge in [0, 0.05) is 18.7 Å². The van der Waals surface area contributed by atoms with Crippen LogP contribution in [0.3, 0.4) is 0 Å². The predicted molar refractivity (Wildman–Crippen MR) is 107 cm³/mol. The van der Waals surface area contributed by atoms with Gasteiger partial charge in [0.25, 0.3) is 0 Å². The van der Waals surface area contributed by atoms with Crippen molar-refractivity contribution in [3.05, 3.63) is 69.9 Å². The van der Waals surface area contributed by atoms with Crippen molar-refractivity contribution < 1.29 is 13.2 Å². The molecule has 1 aliphatic rings. The first-order valence-corrected chi connectivity index (χ1v) is 9.56. The van der Waals surface area contributed by atoms with E-state index in [9.17, 15) is 13.2 Å². The molecule has 0 bridgehead atoms. The van der Waals surface area contributed by atoms with Gasteiger partial charge in [-0.25, -0.2) is 14.6 Å². The maximum Gasteiger partial charge on any atom is 0.416 e. The van der Waals surface area contributed by atoms with Crippen molar-refractivity contribution in [2.75, 3.05) is 5.73 Å². The molecular weight excluding hydrogens is 405 g/mol. The molecule has 0 saturated heterocycles. The number of aromatic nitrogens is 4. The van der Waals surface area contributed by atoms with Crippen molar-refractivity contribution >= 4 is 5.82 Å². The molecule has 0 spiro atoms. The number of anilines is 1. The standard InChI is InChI=1S/C22H17F3N6/c1-13-4-6-16(22(23,24)25)10-18(13)17-3-2-8-31-21(17)29-19(30-31)7-5-15-9-14(11-26)12-28-20(15)27/h4,6,9-10,12,17H,2-3,8H2,1H3,(H2,27,28). The fraction of sp³-hybridized carbons (Fsp3) is 0.273. The van der Waals surface area contributed by atoms with Crippen LogP contribution in [0.5, 0.6) is 0 Å². The molecule has 0 radical (unpaired) electrons. The van der Waals surface area contributed by atoms with E-state index in [4.69, 9.17) is 11.0 Å². The van der Waals surface area contributed by atoms with Crippen LogP contribution in [-0.2, 0) is 12.7 Å². The number of nitriles is 1. The Balaban J connectivity index is 1.71. The van der Waals surface area contributed by atoms with Crippen LogP contribution < -0.4 is 5.73 Å². The monoisotopic (exact) mass is 422 g/mol. The van der Waals surface area contributed by atoms with E-state index in [1.165, 1.54) is 24.4 Å². The second-order valence-corrected chi connectivity index (χ2v) is 7.30. The average molecular weight is 422 g/mol. The number of nitrogen functional groups attached to an aromatic ring is 1. The van der Waals surface area contributed by atoms with Crippen LogP contribution in [0.25, 0.3) is 0 Å². The lowest BCUT2D eigenvalue weighted by molar-refractivity contribution is -0.137. The SMILES string of the molecule is Cc1ccc(C(F)(F)F)cc1C1CCCn2nc(C#Cc3cc(C#N)cnc3N)nc21. The van der Waals surface area contributed by atoms with E-state index < -0.39 is 11.7 Å². The third-order valence-corrected chi connectivity index (χ3v) is 5.21. The minimum atomic E-state index is -4.41. The molecule has 3 heterocycles. The molecule has 31 heavy (non-hydrogen) atoms. The number of aryl methyl sites for hydroxylation is 2. The number of pyridine rings is 1. The molecule has 0 fully saturated rings. The van der Waals surface area contributed by atoms with Gasteiger partial charge in [-0.1, -0.05) is 12.0 Å². The molecule has 1 unspecified atom stereocenters. The molecule has 1 atom stereocenters. The lowest BCUT2D eigenvalue weighted by atomic mass is 9.87. The van der Waals surface area contributed by atoms with Crippen molar-refractivity contribution in [1.29, 1.82) is 5.26 Å². The smallest absolute Gasteiger partial charge is 0.383 e. The maximum atomic E-state index is 13.2. The number of fused-ring (bicyclic) bond motifs is 1. The Morgan fingerprint density at radius 2 is 2.03 bits per heavy atom. The topological polar surface area (TPSA) is 93.4 Å². The minimum absolute atomic E-state index is 0.188. The van der Waals surface area contributed by atoms with E-state index in [1.807, 2.05) is 6.07 Å². The fourth-order valence-electron chi connectivity index (χ4n) is 3.65.